The molecule has 0 fully saturated rings. The highest BCUT2D eigenvalue weighted by Crippen LogP contribution is 2.27. The Morgan fingerprint density at radius 2 is 1.65 bits per heavy atom. The molecule has 122 valence electrons. The molecule has 0 atom stereocenters. The average Bonchev–Trinajstić information content (AvgIpc) is 2.54. The number of nitrogens with zero attached hydrogens (tertiary/aromatic N) is 1. The van der Waals surface area contributed by atoms with Gasteiger partial charge in [-0.25, -0.2) is 17.5 Å². The van der Waals surface area contributed by atoms with Crippen molar-refractivity contribution < 1.29 is 23.1 Å². The maximum atomic E-state index is 12.1. The number of hydrogen-bond donors (Lipinski definition) is 1. The Bertz CT molecular complexity index is 826. The van der Waals surface area contributed by atoms with Crippen molar-refractivity contribution >= 4 is 16.0 Å². The molecule has 0 saturated heterocycles. The number of benzene rings is 2. The molecule has 0 aromatic heterocycles. The quantitative estimate of drug-likeness (QED) is 0.906. The third-order valence-electron chi connectivity index (χ3n) is 3.36. The van der Waals surface area contributed by atoms with E-state index in [9.17, 15) is 13.2 Å². The molecule has 0 unspecified atom stereocenters. The predicted molar refractivity (Wildman–Crippen MR) is 86.3 cm³/mol. The lowest BCUT2D eigenvalue weighted by atomic mass is 10.0. The number of carboxylic acid groups (broad SMARTS) is 1. The first-order chi connectivity index (χ1) is 10.8. The zero-order chi connectivity index (χ0) is 17.2. The summed E-state index contributed by atoms with van der Waals surface area (Å²) >= 11 is 0. The van der Waals surface area contributed by atoms with Gasteiger partial charge in [-0.05, 0) is 41.5 Å². The summed E-state index contributed by atoms with van der Waals surface area (Å²) in [7, 11) is 0.886. The Balaban J connectivity index is 2.48. The van der Waals surface area contributed by atoms with Gasteiger partial charge in [0.05, 0.1) is 17.6 Å². The predicted octanol–water partition coefficient (Wildman–Crippen LogP) is 2.31. The van der Waals surface area contributed by atoms with Crippen molar-refractivity contribution in [3.05, 3.63) is 48.0 Å². The summed E-state index contributed by atoms with van der Waals surface area (Å²) in [5, 5.41) is 9.15. The first kappa shape index (κ1) is 17.0. The van der Waals surface area contributed by atoms with Gasteiger partial charge in [-0.1, -0.05) is 12.1 Å². The molecular weight excluding hydrogens is 318 g/mol. The van der Waals surface area contributed by atoms with Gasteiger partial charge in [-0.2, -0.15) is 0 Å². The Kier molecular flexibility index (Phi) is 4.72. The van der Waals surface area contributed by atoms with E-state index in [1.165, 1.54) is 45.5 Å². The van der Waals surface area contributed by atoms with Crippen LogP contribution in [0.1, 0.15) is 10.4 Å². The van der Waals surface area contributed by atoms with E-state index in [1.54, 1.807) is 18.2 Å². The molecule has 0 bridgehead atoms. The zero-order valence-corrected chi connectivity index (χ0v) is 13.8. The monoisotopic (exact) mass is 335 g/mol. The van der Waals surface area contributed by atoms with Gasteiger partial charge in [-0.3, -0.25) is 0 Å². The van der Waals surface area contributed by atoms with E-state index in [4.69, 9.17) is 9.84 Å². The van der Waals surface area contributed by atoms with Crippen molar-refractivity contribution in [2.24, 2.45) is 0 Å². The molecule has 6 nitrogen and oxygen atoms in total. The van der Waals surface area contributed by atoms with Crippen molar-refractivity contribution in [2.75, 3.05) is 21.2 Å². The molecule has 0 aliphatic rings. The highest BCUT2D eigenvalue weighted by atomic mass is 32.2. The zero-order valence-electron chi connectivity index (χ0n) is 13.0. The third-order valence-corrected chi connectivity index (χ3v) is 5.18. The molecule has 2 rings (SSSR count). The lowest BCUT2D eigenvalue weighted by Gasteiger charge is -2.12. The SMILES string of the molecule is COc1cc(C(=O)O)cc(-c2ccc(S(=O)(=O)N(C)C)cc2)c1. The number of carboxylic acids is 1. The van der Waals surface area contributed by atoms with Crippen LogP contribution in [-0.4, -0.2) is 45.0 Å². The van der Waals surface area contributed by atoms with Gasteiger partial charge >= 0.3 is 5.97 Å². The maximum Gasteiger partial charge on any atom is 0.335 e. The van der Waals surface area contributed by atoms with Crippen molar-refractivity contribution in [3.63, 3.8) is 0 Å². The van der Waals surface area contributed by atoms with Crippen LogP contribution in [0.2, 0.25) is 0 Å². The van der Waals surface area contributed by atoms with Crippen LogP contribution in [0.5, 0.6) is 5.75 Å². The van der Waals surface area contributed by atoms with Crippen LogP contribution in [0.15, 0.2) is 47.4 Å². The molecule has 2 aromatic rings. The fraction of sp³-hybridized carbons (Fsp3) is 0.188. The van der Waals surface area contributed by atoms with E-state index in [2.05, 4.69) is 0 Å². The first-order valence-electron chi connectivity index (χ1n) is 6.71. The van der Waals surface area contributed by atoms with Crippen molar-refractivity contribution in [1.82, 2.24) is 4.31 Å². The van der Waals surface area contributed by atoms with Gasteiger partial charge in [0.2, 0.25) is 10.0 Å². The van der Waals surface area contributed by atoms with Gasteiger partial charge in [0.25, 0.3) is 0 Å². The van der Waals surface area contributed by atoms with E-state index < -0.39 is 16.0 Å². The second-order valence-electron chi connectivity index (χ2n) is 5.07. The molecule has 1 N–H and O–H groups in total. The number of methoxy groups -OCH3 is 1. The number of rotatable bonds is 5. The van der Waals surface area contributed by atoms with E-state index in [-0.39, 0.29) is 10.5 Å². The molecule has 0 saturated carbocycles. The van der Waals surface area contributed by atoms with Crippen molar-refractivity contribution in [2.45, 2.75) is 4.90 Å². The summed E-state index contributed by atoms with van der Waals surface area (Å²) in [5.41, 5.74) is 1.43. The molecular formula is C16H17NO5S. The van der Waals surface area contributed by atoms with Crippen LogP contribution in [0.25, 0.3) is 11.1 Å². The molecule has 23 heavy (non-hydrogen) atoms. The van der Waals surface area contributed by atoms with Crippen molar-refractivity contribution in [3.8, 4) is 16.9 Å². The van der Waals surface area contributed by atoms with Crippen LogP contribution in [0, 0.1) is 0 Å². The fourth-order valence-corrected chi connectivity index (χ4v) is 2.94. The molecule has 0 radical (unpaired) electrons. The lowest BCUT2D eigenvalue weighted by molar-refractivity contribution is 0.0696. The molecule has 0 heterocycles. The molecule has 2 aromatic carbocycles. The summed E-state index contributed by atoms with van der Waals surface area (Å²) in [5.74, 6) is -0.637. The Morgan fingerprint density at radius 3 is 2.13 bits per heavy atom. The minimum absolute atomic E-state index is 0.101. The normalized spacial score (nSPS) is 11.5. The highest BCUT2D eigenvalue weighted by molar-refractivity contribution is 7.89. The summed E-state index contributed by atoms with van der Waals surface area (Å²) in [4.78, 5) is 11.3. The van der Waals surface area contributed by atoms with Gasteiger partial charge in [0.1, 0.15) is 5.75 Å². The van der Waals surface area contributed by atoms with Crippen molar-refractivity contribution in [1.29, 1.82) is 0 Å². The first-order valence-corrected chi connectivity index (χ1v) is 8.15. The number of aromatic carboxylic acids is 1. The Morgan fingerprint density at radius 1 is 1.04 bits per heavy atom. The van der Waals surface area contributed by atoms with E-state index in [0.717, 1.165) is 4.31 Å². The topological polar surface area (TPSA) is 83.9 Å². The van der Waals surface area contributed by atoms with Gasteiger partial charge in [0.15, 0.2) is 0 Å². The van der Waals surface area contributed by atoms with Crippen LogP contribution in [-0.2, 0) is 10.0 Å². The Labute approximate surface area is 135 Å². The standard InChI is InChI=1S/C16H17NO5S/c1-17(2)23(20,21)15-6-4-11(5-7-15)12-8-13(16(18)19)10-14(9-12)22-3/h4-10H,1-3H3,(H,18,19). The van der Waals surface area contributed by atoms with Crippen LogP contribution < -0.4 is 4.74 Å². The van der Waals surface area contributed by atoms with Crippen LogP contribution >= 0.6 is 0 Å². The third kappa shape index (κ3) is 3.52. The fourth-order valence-electron chi connectivity index (χ4n) is 2.04. The summed E-state index contributed by atoms with van der Waals surface area (Å²) < 4.78 is 30.3. The van der Waals surface area contributed by atoms with Crippen LogP contribution in [0.3, 0.4) is 0 Å². The molecule has 0 aliphatic carbocycles. The smallest absolute Gasteiger partial charge is 0.335 e. The summed E-state index contributed by atoms with van der Waals surface area (Å²) in [6.45, 7) is 0. The van der Waals surface area contributed by atoms with E-state index in [0.29, 0.717) is 16.9 Å². The molecule has 0 spiro atoms. The second kappa shape index (κ2) is 6.39. The summed E-state index contributed by atoms with van der Waals surface area (Å²) in [6, 6.07) is 10.9. The minimum Gasteiger partial charge on any atom is -0.497 e. The van der Waals surface area contributed by atoms with E-state index >= 15 is 0 Å². The van der Waals surface area contributed by atoms with Crippen LogP contribution in [0.4, 0.5) is 0 Å². The highest BCUT2D eigenvalue weighted by Gasteiger charge is 2.17. The second-order valence-corrected chi connectivity index (χ2v) is 7.22. The maximum absolute atomic E-state index is 12.1. The lowest BCUT2D eigenvalue weighted by Crippen LogP contribution is -2.22. The number of ether oxygens (including phenoxy) is 1. The minimum atomic E-state index is -3.50. The van der Waals surface area contributed by atoms with Gasteiger partial charge < -0.3 is 9.84 Å². The molecule has 7 heteroatoms. The number of hydrogen-bond acceptors (Lipinski definition) is 4. The number of carbonyl (C=O) groups is 1. The van der Waals surface area contributed by atoms with E-state index in [1.807, 2.05) is 0 Å². The summed E-state index contributed by atoms with van der Waals surface area (Å²) in [6.07, 6.45) is 0. The largest absolute Gasteiger partial charge is 0.497 e. The molecule has 0 amide bonds. The average molecular weight is 335 g/mol. The number of sulfonamides is 1. The molecule has 0 aliphatic heterocycles. The van der Waals surface area contributed by atoms with Gasteiger partial charge in [-0.15, -0.1) is 0 Å². The Hall–Kier alpha value is -2.38. The van der Waals surface area contributed by atoms with Gasteiger partial charge in [0, 0.05) is 14.1 Å².